The number of piperidine rings is 1. The van der Waals surface area contributed by atoms with Gasteiger partial charge in [0, 0.05) is 42.1 Å². The molecule has 2 heterocycles. The summed E-state index contributed by atoms with van der Waals surface area (Å²) in [7, 11) is 3.14. The number of fused-ring (bicyclic) bond motifs is 1. The highest BCUT2D eigenvalue weighted by atomic mass is 19.4. The van der Waals surface area contributed by atoms with Crippen molar-refractivity contribution in [2.24, 2.45) is 11.3 Å². The predicted molar refractivity (Wildman–Crippen MR) is 184 cm³/mol. The molecule has 0 unspecified atom stereocenters. The molecular formula is C37H37F4N5O6. The van der Waals surface area contributed by atoms with Crippen molar-refractivity contribution in [3.05, 3.63) is 78.2 Å². The van der Waals surface area contributed by atoms with Crippen LogP contribution in [0, 0.1) is 17.2 Å². The van der Waals surface area contributed by atoms with Crippen LogP contribution in [-0.4, -0.2) is 68.0 Å². The largest absolute Gasteiger partial charge is 0.493 e. The molecule has 3 amide bonds. The average Bonchev–Trinajstić information content (AvgIpc) is 3.95. The first kappa shape index (κ1) is 36.4. The van der Waals surface area contributed by atoms with Gasteiger partial charge in [-0.15, -0.1) is 0 Å². The van der Waals surface area contributed by atoms with Crippen molar-refractivity contribution in [2.75, 3.05) is 51.0 Å². The Morgan fingerprint density at radius 2 is 1.56 bits per heavy atom. The molecule has 52 heavy (non-hydrogen) atoms. The van der Waals surface area contributed by atoms with Gasteiger partial charge < -0.3 is 30.2 Å². The minimum absolute atomic E-state index is 0.00913. The summed E-state index contributed by atoms with van der Waals surface area (Å²) in [5.74, 6) is -0.711. The Morgan fingerprint density at radius 3 is 2.17 bits per heavy atom. The summed E-state index contributed by atoms with van der Waals surface area (Å²) in [5, 5.41) is 8.26. The molecule has 274 valence electrons. The van der Waals surface area contributed by atoms with Crippen molar-refractivity contribution < 1.29 is 46.2 Å². The van der Waals surface area contributed by atoms with Crippen LogP contribution in [-0.2, 0) is 20.6 Å². The summed E-state index contributed by atoms with van der Waals surface area (Å²) in [5.41, 5.74) is -1.57. The van der Waals surface area contributed by atoms with E-state index in [1.165, 1.54) is 25.4 Å². The molecule has 1 saturated carbocycles. The zero-order chi connectivity index (χ0) is 37.0. The van der Waals surface area contributed by atoms with Crippen LogP contribution in [0.25, 0.3) is 10.9 Å². The van der Waals surface area contributed by atoms with Crippen molar-refractivity contribution in [1.29, 1.82) is 0 Å². The van der Waals surface area contributed by atoms with E-state index in [1.807, 2.05) is 0 Å². The summed E-state index contributed by atoms with van der Waals surface area (Å²) < 4.78 is 71.7. The van der Waals surface area contributed by atoms with E-state index in [2.05, 4.69) is 25.8 Å². The van der Waals surface area contributed by atoms with Crippen LogP contribution in [0.1, 0.15) is 31.2 Å². The number of likely N-dealkylation sites (tertiary alicyclic amines) is 1. The summed E-state index contributed by atoms with van der Waals surface area (Å²) >= 11 is 0. The van der Waals surface area contributed by atoms with E-state index in [9.17, 15) is 27.6 Å². The first-order chi connectivity index (χ1) is 24.9. The van der Waals surface area contributed by atoms with Gasteiger partial charge in [0.05, 0.1) is 31.3 Å². The van der Waals surface area contributed by atoms with Gasteiger partial charge in [0.2, 0.25) is 17.7 Å². The van der Waals surface area contributed by atoms with Gasteiger partial charge in [0.1, 0.15) is 11.2 Å². The molecule has 2 fully saturated rings. The molecule has 1 aliphatic heterocycles. The lowest BCUT2D eigenvalue weighted by Crippen LogP contribution is -2.41. The third-order valence-corrected chi connectivity index (χ3v) is 9.31. The van der Waals surface area contributed by atoms with Gasteiger partial charge in [-0.1, -0.05) is 0 Å². The van der Waals surface area contributed by atoms with Gasteiger partial charge in [0.25, 0.3) is 0 Å². The third kappa shape index (κ3) is 8.20. The van der Waals surface area contributed by atoms with Crippen molar-refractivity contribution >= 4 is 40.0 Å². The van der Waals surface area contributed by atoms with Gasteiger partial charge in [-0.05, 0) is 93.2 Å². The number of likely N-dealkylation sites (N-methyl/N-ethyl adjacent to an activating group) is 1. The highest BCUT2D eigenvalue weighted by Crippen LogP contribution is 2.48. The SMILES string of the molecule is CNC(=O)CN1CCC(COc2cc3nccc(Oc4ccc(NC(=O)C5(C(=O)Nc6ccc(C(F)(F)F)cc6)CC5)cc4F)c3cc2OC)CC1. The van der Waals surface area contributed by atoms with E-state index in [0.717, 1.165) is 56.3 Å². The topological polar surface area (TPSA) is 131 Å². The van der Waals surface area contributed by atoms with Gasteiger partial charge in [-0.2, -0.15) is 13.2 Å². The van der Waals surface area contributed by atoms with Gasteiger partial charge >= 0.3 is 6.18 Å². The Hall–Kier alpha value is -5.44. The lowest BCUT2D eigenvalue weighted by atomic mass is 9.98. The van der Waals surface area contributed by atoms with E-state index >= 15 is 4.39 Å². The fraction of sp³-hybridized carbons (Fsp3) is 0.351. The first-order valence-corrected chi connectivity index (χ1v) is 16.7. The second-order valence-electron chi connectivity index (χ2n) is 12.8. The molecule has 2 aliphatic rings. The number of hydrogen-bond donors (Lipinski definition) is 3. The zero-order valence-corrected chi connectivity index (χ0v) is 28.4. The summed E-state index contributed by atoms with van der Waals surface area (Å²) in [6.45, 7) is 2.44. The van der Waals surface area contributed by atoms with Crippen LogP contribution in [0.5, 0.6) is 23.0 Å². The lowest BCUT2D eigenvalue weighted by Gasteiger charge is -2.31. The van der Waals surface area contributed by atoms with Crippen molar-refractivity contribution in [1.82, 2.24) is 15.2 Å². The molecule has 1 saturated heterocycles. The van der Waals surface area contributed by atoms with Gasteiger partial charge in [-0.25, -0.2) is 4.39 Å². The van der Waals surface area contributed by atoms with E-state index in [1.54, 1.807) is 25.2 Å². The highest BCUT2D eigenvalue weighted by molar-refractivity contribution is 6.16. The van der Waals surface area contributed by atoms with Crippen LogP contribution in [0.3, 0.4) is 0 Å². The maximum absolute atomic E-state index is 15.3. The smallest absolute Gasteiger partial charge is 0.416 e. The third-order valence-electron chi connectivity index (χ3n) is 9.31. The fourth-order valence-corrected chi connectivity index (χ4v) is 6.00. The maximum Gasteiger partial charge on any atom is 0.416 e. The number of carbonyl (C=O) groups is 3. The molecule has 3 aromatic carbocycles. The van der Waals surface area contributed by atoms with E-state index in [4.69, 9.17) is 14.2 Å². The number of carbonyl (C=O) groups excluding carboxylic acids is 3. The number of alkyl halides is 3. The number of ether oxygens (including phenoxy) is 3. The molecule has 0 spiro atoms. The molecule has 0 atom stereocenters. The highest BCUT2D eigenvalue weighted by Gasteiger charge is 2.56. The number of hydrogen-bond acceptors (Lipinski definition) is 8. The van der Waals surface area contributed by atoms with E-state index < -0.39 is 34.8 Å². The van der Waals surface area contributed by atoms with Gasteiger partial charge in [0.15, 0.2) is 23.1 Å². The number of benzene rings is 3. The Kier molecular flexibility index (Phi) is 10.5. The Morgan fingerprint density at radius 1 is 0.885 bits per heavy atom. The molecule has 6 rings (SSSR count). The van der Waals surface area contributed by atoms with Crippen molar-refractivity contribution in [2.45, 2.75) is 31.9 Å². The Balaban J connectivity index is 1.08. The minimum atomic E-state index is -4.52. The molecule has 4 aromatic rings. The normalized spacial score (nSPS) is 15.8. The molecular weight excluding hydrogens is 686 g/mol. The van der Waals surface area contributed by atoms with E-state index in [-0.39, 0.29) is 35.9 Å². The van der Waals surface area contributed by atoms with Gasteiger partial charge in [-0.3, -0.25) is 24.3 Å². The molecule has 0 radical (unpaired) electrons. The molecule has 11 nitrogen and oxygen atoms in total. The number of pyridine rings is 1. The number of methoxy groups -OCH3 is 1. The van der Waals surface area contributed by atoms with Crippen LogP contribution in [0.4, 0.5) is 28.9 Å². The molecule has 1 aliphatic carbocycles. The average molecular weight is 724 g/mol. The lowest BCUT2D eigenvalue weighted by molar-refractivity contribution is -0.137. The monoisotopic (exact) mass is 723 g/mol. The Bertz CT molecular complexity index is 1960. The first-order valence-electron chi connectivity index (χ1n) is 16.7. The predicted octanol–water partition coefficient (Wildman–Crippen LogP) is 6.39. The van der Waals surface area contributed by atoms with Crippen LogP contribution < -0.4 is 30.2 Å². The zero-order valence-electron chi connectivity index (χ0n) is 28.4. The molecule has 0 bridgehead atoms. The number of halogens is 4. The molecule has 1 aromatic heterocycles. The quantitative estimate of drug-likeness (QED) is 0.113. The van der Waals surface area contributed by atoms with Crippen LogP contribution >= 0.6 is 0 Å². The van der Waals surface area contributed by atoms with E-state index in [0.29, 0.717) is 47.2 Å². The maximum atomic E-state index is 15.3. The second kappa shape index (κ2) is 15.0. The fourth-order valence-electron chi connectivity index (χ4n) is 6.00. The van der Waals surface area contributed by atoms with Crippen LogP contribution in [0.2, 0.25) is 0 Å². The minimum Gasteiger partial charge on any atom is -0.493 e. The number of anilines is 2. The number of aromatic nitrogens is 1. The number of amides is 3. The molecule has 3 N–H and O–H groups in total. The number of nitrogens with zero attached hydrogens (tertiary/aromatic N) is 2. The van der Waals surface area contributed by atoms with Crippen LogP contribution in [0.15, 0.2) is 66.9 Å². The van der Waals surface area contributed by atoms with Crippen molar-refractivity contribution in [3.8, 4) is 23.0 Å². The second-order valence-corrected chi connectivity index (χ2v) is 12.8. The number of rotatable bonds is 12. The van der Waals surface area contributed by atoms with Crippen molar-refractivity contribution in [3.63, 3.8) is 0 Å². The molecule has 15 heteroatoms. The standard InChI is InChI=1S/C37H37F4N5O6/c1-42-33(47)20-46-15-10-22(11-16-46)21-51-32-19-28-26(18-31(32)50-2)29(9-14-43-28)52-30-8-7-25(17-27(30)38)45-35(49)36(12-13-36)34(48)44-24-5-3-23(4-6-24)37(39,40)41/h3-9,14,17-19,22H,10-13,15-16,20-21H2,1-2H3,(H,42,47)(H,44,48)(H,45,49). The number of nitrogens with one attached hydrogen (secondary N) is 3. The Labute approximate surface area is 296 Å². The summed E-state index contributed by atoms with van der Waals surface area (Å²) in [4.78, 5) is 44.3. The summed E-state index contributed by atoms with van der Waals surface area (Å²) in [6.07, 6.45) is -0.780. The summed E-state index contributed by atoms with van der Waals surface area (Å²) in [6, 6.07) is 12.8.